The molecule has 0 aliphatic carbocycles. The maximum absolute atomic E-state index is 5.13. The van der Waals surface area contributed by atoms with Gasteiger partial charge in [0.2, 0.25) is 12.4 Å². The van der Waals surface area contributed by atoms with Crippen LogP contribution in [0.2, 0.25) is 0 Å². The van der Waals surface area contributed by atoms with Crippen molar-refractivity contribution in [2.75, 3.05) is 0 Å². The number of rotatable bonds is 4. The molecule has 6 aromatic heterocycles. The molecule has 2 aromatic carbocycles. The molecule has 0 N–H and O–H groups in total. The van der Waals surface area contributed by atoms with E-state index in [1.807, 2.05) is 95.9 Å². The summed E-state index contributed by atoms with van der Waals surface area (Å²) in [6.45, 7) is 0. The van der Waals surface area contributed by atoms with Crippen molar-refractivity contribution in [1.29, 1.82) is 0 Å². The molecule has 0 saturated heterocycles. The summed E-state index contributed by atoms with van der Waals surface area (Å²) >= 11 is 0. The average molecular weight is 528 g/mol. The molecule has 0 saturated carbocycles. The van der Waals surface area contributed by atoms with Gasteiger partial charge in [0.1, 0.15) is 5.69 Å². The number of hydrogen-bond donors (Lipinski definition) is 0. The lowest BCUT2D eigenvalue weighted by molar-refractivity contribution is -0.616. The van der Waals surface area contributed by atoms with E-state index in [4.69, 9.17) is 15.0 Å². The van der Waals surface area contributed by atoms with Gasteiger partial charge in [0, 0.05) is 28.6 Å². The third kappa shape index (κ3) is 4.01. The van der Waals surface area contributed by atoms with Crippen LogP contribution in [0.1, 0.15) is 0 Å². The van der Waals surface area contributed by atoms with Gasteiger partial charge >= 0.3 is 0 Å². The Bertz CT molecular complexity index is 2200. The first kappa shape index (κ1) is 23.2. The van der Waals surface area contributed by atoms with Gasteiger partial charge in [-0.3, -0.25) is 4.98 Å². The second-order valence-electron chi connectivity index (χ2n) is 9.89. The molecule has 0 bridgehead atoms. The molecule has 0 radical (unpaired) electrons. The lowest BCUT2D eigenvalue weighted by Gasteiger charge is -2.09. The molecule has 6 heterocycles. The predicted molar refractivity (Wildman–Crippen MR) is 161 cm³/mol. The Kier molecular flexibility index (Phi) is 5.35. The summed E-state index contributed by atoms with van der Waals surface area (Å²) in [7, 11) is 0. The minimum absolute atomic E-state index is 0.795. The largest absolute Gasteiger partial charge is 0.256 e. The summed E-state index contributed by atoms with van der Waals surface area (Å²) in [5.74, 6) is 0. The number of aromatic nitrogens is 6. The molecule has 192 valence electrons. The molecule has 0 aliphatic rings. The lowest BCUT2D eigenvalue weighted by Crippen LogP contribution is -2.26. The zero-order chi connectivity index (χ0) is 27.2. The van der Waals surface area contributed by atoms with Crippen LogP contribution in [0.5, 0.6) is 0 Å². The molecule has 0 amide bonds. The summed E-state index contributed by atoms with van der Waals surface area (Å²) in [6, 6.07) is 38.8. The van der Waals surface area contributed by atoms with Crippen molar-refractivity contribution in [1.82, 2.24) is 24.5 Å². The highest BCUT2D eigenvalue weighted by atomic mass is 15.3. The van der Waals surface area contributed by atoms with Gasteiger partial charge in [0.15, 0.2) is 0 Å². The maximum Gasteiger partial charge on any atom is 0.212 e. The summed E-state index contributed by atoms with van der Waals surface area (Å²) in [5.41, 5.74) is 9.04. The van der Waals surface area contributed by atoms with Crippen molar-refractivity contribution in [2.45, 2.75) is 0 Å². The fourth-order valence-corrected chi connectivity index (χ4v) is 5.38. The Morgan fingerprint density at radius 1 is 0.512 bits per heavy atom. The minimum Gasteiger partial charge on any atom is -0.256 e. The third-order valence-electron chi connectivity index (χ3n) is 7.36. The van der Waals surface area contributed by atoms with Gasteiger partial charge in [0.05, 0.1) is 51.3 Å². The van der Waals surface area contributed by atoms with E-state index >= 15 is 0 Å². The second-order valence-corrected chi connectivity index (χ2v) is 9.89. The topological polar surface area (TPSA) is 60.1 Å². The average Bonchev–Trinajstić information content (AvgIpc) is 3.45. The molecule has 0 spiro atoms. The van der Waals surface area contributed by atoms with Gasteiger partial charge in [-0.2, -0.15) is 0 Å². The third-order valence-corrected chi connectivity index (χ3v) is 7.36. The first-order chi connectivity index (χ1) is 20.3. The maximum atomic E-state index is 5.13. The normalized spacial score (nSPS) is 11.4. The molecule has 6 nitrogen and oxygen atoms in total. The van der Waals surface area contributed by atoms with E-state index in [1.165, 1.54) is 0 Å². The Balaban J connectivity index is 1.29. The fourth-order valence-electron chi connectivity index (χ4n) is 5.38. The van der Waals surface area contributed by atoms with Crippen LogP contribution in [0.4, 0.5) is 0 Å². The van der Waals surface area contributed by atoms with Gasteiger partial charge in [-0.1, -0.05) is 71.2 Å². The van der Waals surface area contributed by atoms with E-state index in [1.54, 1.807) is 0 Å². The van der Waals surface area contributed by atoms with Crippen LogP contribution in [0.25, 0.3) is 67.1 Å². The Hall–Kier alpha value is -5.75. The highest BCUT2D eigenvalue weighted by Gasteiger charge is 2.22. The monoisotopic (exact) mass is 527 g/mol. The smallest absolute Gasteiger partial charge is 0.212 e. The zero-order valence-electron chi connectivity index (χ0n) is 22.0. The van der Waals surface area contributed by atoms with Gasteiger partial charge in [-0.05, 0) is 42.5 Å². The summed E-state index contributed by atoms with van der Waals surface area (Å²) < 4.78 is 4.14. The molecule has 0 atom stereocenters. The summed E-state index contributed by atoms with van der Waals surface area (Å²) in [5, 5.41) is 2.10. The molecule has 0 unspecified atom stereocenters. The standard InChI is InChI=1S/C35H23N6/c1-2-9-24(10-3-1)28-18-16-25-14-15-26-17-19-31(39-34(26)33(25)38-28)30-12-8-13-32(37-30)35-27(29-11-4-5-20-36-29)23-40-21-6-7-22-41(35)40/h1-23H/q+1. The van der Waals surface area contributed by atoms with E-state index in [-0.39, 0.29) is 0 Å². The van der Waals surface area contributed by atoms with Crippen molar-refractivity contribution in [3.63, 3.8) is 0 Å². The van der Waals surface area contributed by atoms with Crippen LogP contribution in [-0.2, 0) is 0 Å². The van der Waals surface area contributed by atoms with Crippen molar-refractivity contribution in [3.8, 4) is 45.3 Å². The van der Waals surface area contributed by atoms with Gasteiger partial charge < -0.3 is 0 Å². The molecular formula is C35H23N6+. The molecule has 8 aromatic rings. The van der Waals surface area contributed by atoms with Crippen LogP contribution >= 0.6 is 0 Å². The van der Waals surface area contributed by atoms with E-state index in [2.05, 4.69) is 58.2 Å². The number of fused-ring (bicyclic) bond motifs is 4. The van der Waals surface area contributed by atoms with Crippen LogP contribution in [-0.4, -0.2) is 24.5 Å². The van der Waals surface area contributed by atoms with Gasteiger partial charge in [0.25, 0.3) is 0 Å². The number of nitrogens with zero attached hydrogens (tertiary/aromatic N) is 6. The van der Waals surface area contributed by atoms with E-state index in [0.29, 0.717) is 0 Å². The molecule has 6 heteroatoms. The molecule has 0 aliphatic heterocycles. The van der Waals surface area contributed by atoms with E-state index < -0.39 is 0 Å². The van der Waals surface area contributed by atoms with Crippen molar-refractivity contribution in [3.05, 3.63) is 140 Å². The Labute approximate surface area is 235 Å². The highest BCUT2D eigenvalue weighted by Crippen LogP contribution is 2.31. The van der Waals surface area contributed by atoms with Gasteiger partial charge in [-0.25, -0.2) is 15.0 Å². The molecular weight excluding hydrogens is 504 g/mol. The SMILES string of the molecule is c1ccc(-c2ccc3ccc4ccc(-c5cccc(-c6c(-c7ccccn7)c[n+]7ccccn67)n5)nc4c3n2)cc1. The molecule has 41 heavy (non-hydrogen) atoms. The van der Waals surface area contributed by atoms with E-state index in [9.17, 15) is 0 Å². The second kappa shape index (κ2) is 9.47. The lowest BCUT2D eigenvalue weighted by atomic mass is 10.1. The molecule has 8 rings (SSSR count). The fraction of sp³-hybridized carbons (Fsp3) is 0. The quantitative estimate of drug-likeness (QED) is 0.181. The first-order valence-corrected chi connectivity index (χ1v) is 13.5. The van der Waals surface area contributed by atoms with E-state index in [0.717, 1.165) is 67.1 Å². The minimum atomic E-state index is 0.795. The number of hydrogen-bond acceptors (Lipinski definition) is 4. The Morgan fingerprint density at radius 3 is 2.00 bits per heavy atom. The van der Waals surface area contributed by atoms with Crippen LogP contribution < -0.4 is 4.52 Å². The number of pyridine rings is 4. The highest BCUT2D eigenvalue weighted by molar-refractivity contribution is 6.04. The first-order valence-electron chi connectivity index (χ1n) is 13.5. The summed E-state index contributed by atoms with van der Waals surface area (Å²) in [4.78, 5) is 19.9. The zero-order valence-corrected chi connectivity index (χ0v) is 22.0. The predicted octanol–water partition coefficient (Wildman–Crippen LogP) is 7.08. The van der Waals surface area contributed by atoms with Crippen molar-refractivity contribution < 1.29 is 4.52 Å². The Morgan fingerprint density at radius 2 is 1.20 bits per heavy atom. The summed E-state index contributed by atoms with van der Waals surface area (Å²) in [6.07, 6.45) is 7.96. The van der Waals surface area contributed by atoms with Crippen LogP contribution in [0, 0.1) is 0 Å². The molecule has 0 fully saturated rings. The van der Waals surface area contributed by atoms with Crippen molar-refractivity contribution >= 4 is 21.8 Å². The van der Waals surface area contributed by atoms with Crippen molar-refractivity contribution in [2.24, 2.45) is 0 Å². The van der Waals surface area contributed by atoms with Gasteiger partial charge in [-0.15, -0.1) is 4.52 Å². The van der Waals surface area contributed by atoms with Crippen LogP contribution in [0.3, 0.4) is 0 Å². The number of benzene rings is 2. The van der Waals surface area contributed by atoms with Crippen LogP contribution in [0.15, 0.2) is 140 Å².